The number of aliphatic hydroxyl groups excluding tert-OH is 1. The number of rotatable bonds is 8. The van der Waals surface area contributed by atoms with Crippen molar-refractivity contribution in [2.24, 2.45) is 5.92 Å². The largest absolute Gasteiger partial charge is 0.396 e. The number of hydrogen-bond acceptors (Lipinski definition) is 3. The molecule has 0 aromatic heterocycles. The molecule has 1 aliphatic heterocycles. The summed E-state index contributed by atoms with van der Waals surface area (Å²) >= 11 is 0. The number of amides is 1. The van der Waals surface area contributed by atoms with Crippen LogP contribution in [0, 0.1) is 5.92 Å². The first-order chi connectivity index (χ1) is 7.77. The Morgan fingerprint density at radius 3 is 2.81 bits per heavy atom. The van der Waals surface area contributed by atoms with Gasteiger partial charge in [0.1, 0.15) is 0 Å². The molecule has 4 heteroatoms. The van der Waals surface area contributed by atoms with Gasteiger partial charge in [-0.05, 0) is 12.8 Å². The predicted octanol–water partition coefficient (Wildman–Crippen LogP) is 1.03. The number of ether oxygens (including phenoxy) is 1. The second-order valence-electron chi connectivity index (χ2n) is 4.41. The van der Waals surface area contributed by atoms with E-state index in [1.54, 1.807) is 0 Å². The maximum Gasteiger partial charge on any atom is 0.223 e. The zero-order chi connectivity index (χ0) is 11.8. The number of nitrogens with zero attached hydrogens (tertiary/aromatic N) is 1. The molecule has 0 saturated carbocycles. The van der Waals surface area contributed by atoms with Crippen molar-refractivity contribution in [1.29, 1.82) is 0 Å². The highest BCUT2D eigenvalue weighted by Gasteiger charge is 2.28. The van der Waals surface area contributed by atoms with Crippen molar-refractivity contribution < 1.29 is 14.6 Å². The summed E-state index contributed by atoms with van der Waals surface area (Å²) in [4.78, 5) is 13.3. The molecule has 16 heavy (non-hydrogen) atoms. The van der Waals surface area contributed by atoms with Crippen LogP contribution in [0.15, 0.2) is 0 Å². The highest BCUT2D eigenvalue weighted by molar-refractivity contribution is 5.78. The minimum Gasteiger partial charge on any atom is -0.396 e. The Morgan fingerprint density at radius 1 is 1.44 bits per heavy atom. The molecule has 1 fully saturated rings. The van der Waals surface area contributed by atoms with Crippen LogP contribution in [0.3, 0.4) is 0 Å². The molecule has 94 valence electrons. The number of likely N-dealkylation sites (tertiary alicyclic amines) is 1. The van der Waals surface area contributed by atoms with E-state index in [4.69, 9.17) is 9.84 Å². The Morgan fingerprint density at radius 2 is 2.19 bits per heavy atom. The molecule has 4 nitrogen and oxygen atoms in total. The van der Waals surface area contributed by atoms with Crippen LogP contribution in [0.2, 0.25) is 0 Å². The second kappa shape index (κ2) is 7.63. The second-order valence-corrected chi connectivity index (χ2v) is 4.41. The van der Waals surface area contributed by atoms with Gasteiger partial charge in [0.15, 0.2) is 0 Å². The molecule has 1 atom stereocenters. The molecule has 0 aliphatic carbocycles. The van der Waals surface area contributed by atoms with Gasteiger partial charge in [-0.2, -0.15) is 0 Å². The lowest BCUT2D eigenvalue weighted by Crippen LogP contribution is -2.27. The minimum absolute atomic E-state index is 0.120. The van der Waals surface area contributed by atoms with E-state index in [9.17, 15) is 4.79 Å². The SMILES string of the molecule is CCCCOCCCN1CC(CO)CC1=O. The van der Waals surface area contributed by atoms with Crippen LogP contribution >= 0.6 is 0 Å². The van der Waals surface area contributed by atoms with E-state index in [1.807, 2.05) is 4.90 Å². The van der Waals surface area contributed by atoms with Crippen LogP contribution < -0.4 is 0 Å². The molecule has 1 heterocycles. The van der Waals surface area contributed by atoms with E-state index >= 15 is 0 Å². The van der Waals surface area contributed by atoms with Crippen LogP contribution in [0.4, 0.5) is 0 Å². The van der Waals surface area contributed by atoms with Crippen LogP contribution in [-0.2, 0) is 9.53 Å². The lowest BCUT2D eigenvalue weighted by Gasteiger charge is -2.15. The van der Waals surface area contributed by atoms with Crippen molar-refractivity contribution in [1.82, 2.24) is 4.90 Å². The van der Waals surface area contributed by atoms with Crippen LogP contribution in [0.1, 0.15) is 32.6 Å². The van der Waals surface area contributed by atoms with Crippen molar-refractivity contribution >= 4 is 5.91 Å². The summed E-state index contributed by atoms with van der Waals surface area (Å²) in [6.45, 7) is 5.29. The van der Waals surface area contributed by atoms with Crippen LogP contribution in [0.5, 0.6) is 0 Å². The highest BCUT2D eigenvalue weighted by atomic mass is 16.5. The molecular weight excluding hydrogens is 206 g/mol. The Hall–Kier alpha value is -0.610. The smallest absolute Gasteiger partial charge is 0.223 e. The normalized spacial score (nSPS) is 20.8. The lowest BCUT2D eigenvalue weighted by molar-refractivity contribution is -0.127. The fraction of sp³-hybridized carbons (Fsp3) is 0.917. The van der Waals surface area contributed by atoms with Crippen molar-refractivity contribution in [3.63, 3.8) is 0 Å². The molecule has 1 saturated heterocycles. The van der Waals surface area contributed by atoms with Gasteiger partial charge in [-0.3, -0.25) is 4.79 Å². The van der Waals surface area contributed by atoms with Crippen LogP contribution in [-0.4, -0.2) is 48.8 Å². The summed E-state index contributed by atoms with van der Waals surface area (Å²) in [5, 5.41) is 8.97. The van der Waals surface area contributed by atoms with Gasteiger partial charge >= 0.3 is 0 Å². The van der Waals surface area contributed by atoms with Gasteiger partial charge in [0.25, 0.3) is 0 Å². The van der Waals surface area contributed by atoms with Crippen molar-refractivity contribution in [3.05, 3.63) is 0 Å². The third-order valence-electron chi connectivity index (χ3n) is 2.91. The van der Waals surface area contributed by atoms with E-state index in [-0.39, 0.29) is 18.4 Å². The monoisotopic (exact) mass is 229 g/mol. The summed E-state index contributed by atoms with van der Waals surface area (Å²) in [6, 6.07) is 0. The molecule has 1 rings (SSSR count). The summed E-state index contributed by atoms with van der Waals surface area (Å²) in [5.41, 5.74) is 0. The molecule has 1 amide bonds. The first-order valence-electron chi connectivity index (χ1n) is 6.24. The van der Waals surface area contributed by atoms with E-state index < -0.39 is 0 Å². The van der Waals surface area contributed by atoms with Gasteiger partial charge in [0.05, 0.1) is 0 Å². The first-order valence-corrected chi connectivity index (χ1v) is 6.24. The van der Waals surface area contributed by atoms with Crippen molar-refractivity contribution in [2.75, 3.05) is 32.9 Å². The average molecular weight is 229 g/mol. The first kappa shape index (κ1) is 13.5. The third kappa shape index (κ3) is 4.49. The number of unbranched alkanes of at least 4 members (excludes halogenated alkanes) is 1. The zero-order valence-electron chi connectivity index (χ0n) is 10.2. The maximum absolute atomic E-state index is 11.5. The summed E-state index contributed by atoms with van der Waals surface area (Å²) in [5.74, 6) is 0.320. The third-order valence-corrected chi connectivity index (χ3v) is 2.91. The van der Waals surface area contributed by atoms with E-state index in [1.165, 1.54) is 0 Å². The Labute approximate surface area is 97.6 Å². The number of aliphatic hydroxyl groups is 1. The van der Waals surface area contributed by atoms with Gasteiger partial charge in [-0.25, -0.2) is 0 Å². The predicted molar refractivity (Wildman–Crippen MR) is 62.1 cm³/mol. The fourth-order valence-corrected chi connectivity index (χ4v) is 1.90. The lowest BCUT2D eigenvalue weighted by atomic mass is 10.1. The summed E-state index contributed by atoms with van der Waals surface area (Å²) in [6.07, 6.45) is 3.67. The van der Waals surface area contributed by atoms with Crippen molar-refractivity contribution in [3.8, 4) is 0 Å². The Bertz CT molecular complexity index is 208. The molecule has 1 N–H and O–H groups in total. The van der Waals surface area contributed by atoms with Gasteiger partial charge in [-0.1, -0.05) is 13.3 Å². The zero-order valence-corrected chi connectivity index (χ0v) is 10.2. The molecule has 0 spiro atoms. The molecule has 0 aromatic carbocycles. The average Bonchev–Trinajstić information content (AvgIpc) is 2.65. The molecule has 1 unspecified atom stereocenters. The van der Waals surface area contributed by atoms with E-state index in [2.05, 4.69) is 6.92 Å². The molecule has 0 radical (unpaired) electrons. The topological polar surface area (TPSA) is 49.8 Å². The number of carbonyl (C=O) groups excluding carboxylic acids is 1. The summed E-state index contributed by atoms with van der Waals surface area (Å²) < 4.78 is 5.43. The maximum atomic E-state index is 11.5. The molecule has 0 aromatic rings. The van der Waals surface area contributed by atoms with E-state index in [0.717, 1.165) is 39.0 Å². The quantitative estimate of drug-likeness (QED) is 0.633. The Kier molecular flexibility index (Phi) is 6.42. The van der Waals surface area contributed by atoms with Crippen LogP contribution in [0.25, 0.3) is 0 Å². The van der Waals surface area contributed by atoms with Crippen molar-refractivity contribution in [2.45, 2.75) is 32.6 Å². The molecule has 1 aliphatic rings. The number of carbonyl (C=O) groups is 1. The fourth-order valence-electron chi connectivity index (χ4n) is 1.90. The van der Waals surface area contributed by atoms with Gasteiger partial charge < -0.3 is 14.7 Å². The van der Waals surface area contributed by atoms with Gasteiger partial charge in [-0.15, -0.1) is 0 Å². The van der Waals surface area contributed by atoms with Gasteiger partial charge in [0.2, 0.25) is 5.91 Å². The molecule has 0 bridgehead atoms. The molecular formula is C12H23NO3. The summed E-state index contributed by atoms with van der Waals surface area (Å²) in [7, 11) is 0. The van der Waals surface area contributed by atoms with Gasteiger partial charge in [0, 0.05) is 45.2 Å². The Balaban J connectivity index is 2.03. The standard InChI is InChI=1S/C12H23NO3/c1-2-3-6-16-7-4-5-13-9-11(10-14)8-12(13)15/h11,14H,2-10H2,1H3. The highest BCUT2D eigenvalue weighted by Crippen LogP contribution is 2.16. The van der Waals surface area contributed by atoms with E-state index in [0.29, 0.717) is 13.0 Å². The number of hydrogen-bond donors (Lipinski definition) is 1. The minimum atomic E-state index is 0.120.